The highest BCUT2D eigenvalue weighted by Gasteiger charge is 2.12. The van der Waals surface area contributed by atoms with Crippen molar-refractivity contribution in [3.05, 3.63) is 47.7 Å². The third kappa shape index (κ3) is 2.91. The minimum Gasteiger partial charge on any atom is -0.493 e. The van der Waals surface area contributed by atoms with Crippen molar-refractivity contribution in [1.29, 1.82) is 0 Å². The standard InChI is InChI=1S/C15H15NO3/c1-10-6-7-13(14(9-10)18-3)19-15-12(11(2)17)5-4-8-16-15/h4-9H,1-3H3. The summed E-state index contributed by atoms with van der Waals surface area (Å²) in [5.74, 6) is 1.35. The lowest BCUT2D eigenvalue weighted by atomic mass is 10.2. The van der Waals surface area contributed by atoms with Crippen molar-refractivity contribution in [2.24, 2.45) is 0 Å². The predicted octanol–water partition coefficient (Wildman–Crippen LogP) is 3.39. The van der Waals surface area contributed by atoms with E-state index >= 15 is 0 Å². The molecular weight excluding hydrogens is 242 g/mol. The Labute approximate surface area is 112 Å². The third-order valence-electron chi connectivity index (χ3n) is 2.68. The van der Waals surface area contributed by atoms with Crippen LogP contribution in [0.4, 0.5) is 0 Å². The van der Waals surface area contributed by atoms with E-state index in [0.29, 0.717) is 17.1 Å². The lowest BCUT2D eigenvalue weighted by Gasteiger charge is -2.11. The first-order chi connectivity index (χ1) is 9.11. The van der Waals surface area contributed by atoms with E-state index in [1.54, 1.807) is 31.5 Å². The normalized spacial score (nSPS) is 10.1. The van der Waals surface area contributed by atoms with Gasteiger partial charge < -0.3 is 9.47 Å². The smallest absolute Gasteiger partial charge is 0.230 e. The van der Waals surface area contributed by atoms with Gasteiger partial charge >= 0.3 is 0 Å². The Morgan fingerprint density at radius 1 is 1.21 bits per heavy atom. The van der Waals surface area contributed by atoms with Crippen molar-refractivity contribution in [1.82, 2.24) is 4.98 Å². The maximum atomic E-state index is 11.5. The predicted molar refractivity (Wildman–Crippen MR) is 72.0 cm³/mol. The number of carbonyl (C=O) groups excluding carboxylic acids is 1. The van der Waals surface area contributed by atoms with Crippen molar-refractivity contribution in [3.63, 3.8) is 0 Å². The van der Waals surface area contributed by atoms with Crippen LogP contribution in [0.5, 0.6) is 17.4 Å². The Morgan fingerprint density at radius 2 is 2.00 bits per heavy atom. The van der Waals surface area contributed by atoms with Gasteiger partial charge in [0.2, 0.25) is 5.88 Å². The average molecular weight is 257 g/mol. The number of nitrogens with zero attached hydrogens (tertiary/aromatic N) is 1. The second-order valence-electron chi connectivity index (χ2n) is 4.17. The number of ketones is 1. The van der Waals surface area contributed by atoms with Crippen LogP contribution in [0.2, 0.25) is 0 Å². The zero-order valence-electron chi connectivity index (χ0n) is 11.1. The number of hydrogen-bond donors (Lipinski definition) is 0. The molecule has 98 valence electrons. The highest BCUT2D eigenvalue weighted by molar-refractivity contribution is 5.96. The Balaban J connectivity index is 2.39. The first-order valence-electron chi connectivity index (χ1n) is 5.90. The fraction of sp³-hybridized carbons (Fsp3) is 0.200. The summed E-state index contributed by atoms with van der Waals surface area (Å²) in [5, 5.41) is 0. The summed E-state index contributed by atoms with van der Waals surface area (Å²) in [7, 11) is 1.58. The molecule has 0 bridgehead atoms. The van der Waals surface area contributed by atoms with Gasteiger partial charge in [0.25, 0.3) is 0 Å². The third-order valence-corrected chi connectivity index (χ3v) is 2.68. The zero-order chi connectivity index (χ0) is 13.8. The molecule has 0 unspecified atom stereocenters. The van der Waals surface area contributed by atoms with E-state index in [4.69, 9.17) is 9.47 Å². The molecule has 0 saturated carbocycles. The number of carbonyl (C=O) groups is 1. The van der Waals surface area contributed by atoms with Crippen molar-refractivity contribution >= 4 is 5.78 Å². The van der Waals surface area contributed by atoms with E-state index in [1.165, 1.54) is 6.92 Å². The Bertz CT molecular complexity index is 608. The summed E-state index contributed by atoms with van der Waals surface area (Å²) in [5.41, 5.74) is 1.52. The summed E-state index contributed by atoms with van der Waals surface area (Å²) in [4.78, 5) is 15.6. The highest BCUT2D eigenvalue weighted by Crippen LogP contribution is 2.32. The largest absolute Gasteiger partial charge is 0.493 e. The molecule has 0 radical (unpaired) electrons. The van der Waals surface area contributed by atoms with Gasteiger partial charge in [-0.2, -0.15) is 0 Å². The molecule has 0 saturated heterocycles. The molecule has 1 heterocycles. The number of aryl methyl sites for hydroxylation is 1. The fourth-order valence-electron chi connectivity index (χ4n) is 1.70. The fourth-order valence-corrected chi connectivity index (χ4v) is 1.70. The van der Waals surface area contributed by atoms with Gasteiger partial charge in [-0.15, -0.1) is 0 Å². The lowest BCUT2D eigenvalue weighted by Crippen LogP contribution is -2.00. The molecule has 4 nitrogen and oxygen atoms in total. The molecule has 19 heavy (non-hydrogen) atoms. The summed E-state index contributed by atoms with van der Waals surface area (Å²) < 4.78 is 11.0. The van der Waals surface area contributed by atoms with Crippen LogP contribution in [0.15, 0.2) is 36.5 Å². The van der Waals surface area contributed by atoms with Crippen LogP contribution >= 0.6 is 0 Å². The minimum atomic E-state index is -0.0887. The van der Waals surface area contributed by atoms with E-state index in [9.17, 15) is 4.79 Å². The van der Waals surface area contributed by atoms with Gasteiger partial charge in [-0.05, 0) is 43.7 Å². The van der Waals surface area contributed by atoms with Crippen molar-refractivity contribution < 1.29 is 14.3 Å². The topological polar surface area (TPSA) is 48.4 Å². The van der Waals surface area contributed by atoms with Crippen molar-refractivity contribution in [2.45, 2.75) is 13.8 Å². The molecule has 0 fully saturated rings. The Kier molecular flexibility index (Phi) is 3.80. The lowest BCUT2D eigenvalue weighted by molar-refractivity contribution is 0.101. The molecule has 0 N–H and O–H groups in total. The molecule has 0 aliphatic carbocycles. The molecule has 4 heteroatoms. The van der Waals surface area contributed by atoms with Gasteiger partial charge in [-0.1, -0.05) is 6.07 Å². The van der Waals surface area contributed by atoms with Crippen LogP contribution < -0.4 is 9.47 Å². The number of aromatic nitrogens is 1. The molecular formula is C15H15NO3. The quantitative estimate of drug-likeness (QED) is 0.788. The van der Waals surface area contributed by atoms with Gasteiger partial charge in [0.1, 0.15) is 0 Å². The molecule has 0 aliphatic heterocycles. The zero-order valence-corrected chi connectivity index (χ0v) is 11.1. The number of hydrogen-bond acceptors (Lipinski definition) is 4. The van der Waals surface area contributed by atoms with Gasteiger partial charge in [-0.3, -0.25) is 4.79 Å². The molecule has 2 rings (SSSR count). The first-order valence-corrected chi connectivity index (χ1v) is 5.90. The van der Waals surface area contributed by atoms with Gasteiger partial charge in [0.15, 0.2) is 17.3 Å². The second-order valence-corrected chi connectivity index (χ2v) is 4.17. The highest BCUT2D eigenvalue weighted by atomic mass is 16.5. The van der Waals surface area contributed by atoms with E-state index < -0.39 is 0 Å². The molecule has 2 aromatic rings. The van der Waals surface area contributed by atoms with Crippen LogP contribution in [0.3, 0.4) is 0 Å². The van der Waals surface area contributed by atoms with Crippen LogP contribution in [0.1, 0.15) is 22.8 Å². The van der Waals surface area contributed by atoms with Crippen molar-refractivity contribution in [3.8, 4) is 17.4 Å². The van der Waals surface area contributed by atoms with Gasteiger partial charge in [0.05, 0.1) is 12.7 Å². The van der Waals surface area contributed by atoms with Crippen molar-refractivity contribution in [2.75, 3.05) is 7.11 Å². The molecule has 1 aromatic heterocycles. The first kappa shape index (κ1) is 13.1. The summed E-state index contributed by atoms with van der Waals surface area (Å²) in [6.45, 7) is 3.45. The molecule has 1 aromatic carbocycles. The van der Waals surface area contributed by atoms with Crippen LogP contribution in [-0.4, -0.2) is 17.9 Å². The molecule has 0 aliphatic rings. The van der Waals surface area contributed by atoms with Crippen LogP contribution in [0.25, 0.3) is 0 Å². The molecule has 0 spiro atoms. The van der Waals surface area contributed by atoms with E-state index in [0.717, 1.165) is 5.56 Å². The monoisotopic (exact) mass is 257 g/mol. The SMILES string of the molecule is COc1cc(C)ccc1Oc1ncccc1C(C)=O. The van der Waals surface area contributed by atoms with Crippen LogP contribution in [-0.2, 0) is 0 Å². The summed E-state index contributed by atoms with van der Waals surface area (Å²) >= 11 is 0. The maximum Gasteiger partial charge on any atom is 0.230 e. The van der Waals surface area contributed by atoms with Gasteiger partial charge in [-0.25, -0.2) is 4.98 Å². The van der Waals surface area contributed by atoms with E-state index in [1.807, 2.05) is 19.1 Å². The number of Topliss-reactive ketones (excluding diaryl/α,β-unsaturated/α-hetero) is 1. The summed E-state index contributed by atoms with van der Waals surface area (Å²) in [6, 6.07) is 8.97. The number of benzene rings is 1. The average Bonchev–Trinajstić information content (AvgIpc) is 2.41. The van der Waals surface area contributed by atoms with E-state index in [2.05, 4.69) is 4.98 Å². The van der Waals surface area contributed by atoms with Crippen LogP contribution in [0, 0.1) is 6.92 Å². The summed E-state index contributed by atoms with van der Waals surface area (Å²) in [6.07, 6.45) is 1.59. The number of pyridine rings is 1. The second kappa shape index (κ2) is 5.52. The van der Waals surface area contributed by atoms with Gasteiger partial charge in [0, 0.05) is 6.20 Å². The number of ether oxygens (including phenoxy) is 2. The molecule has 0 amide bonds. The number of rotatable bonds is 4. The Morgan fingerprint density at radius 3 is 2.68 bits per heavy atom. The van der Waals surface area contributed by atoms with E-state index in [-0.39, 0.29) is 11.7 Å². The Hall–Kier alpha value is -2.36. The minimum absolute atomic E-state index is 0.0887. The maximum absolute atomic E-state index is 11.5. The molecule has 0 atom stereocenters. The number of methoxy groups -OCH3 is 1.